The van der Waals surface area contributed by atoms with E-state index in [0.29, 0.717) is 0 Å². The molecule has 0 radical (unpaired) electrons. The van der Waals surface area contributed by atoms with Gasteiger partial charge in [-0.1, -0.05) is 44.2 Å². The summed E-state index contributed by atoms with van der Waals surface area (Å²) < 4.78 is 4.69. The molecule has 1 heteroatoms. The summed E-state index contributed by atoms with van der Waals surface area (Å²) in [4.78, 5) is 0. The molecule has 0 atom stereocenters. The van der Waals surface area contributed by atoms with E-state index in [0.717, 1.165) is 19.4 Å². The standard InChI is InChI=1S/C8H10.C4H10O/c1-2-8-6-4-3-5-7-8;1-3-4-5-2/h3-7H,2H2,1H3;3-4H2,1-2H3. The first-order chi connectivity index (χ1) is 6.35. The number of hydrogen-bond donors (Lipinski definition) is 0. The highest BCUT2D eigenvalue weighted by atomic mass is 16.5. The Morgan fingerprint density at radius 3 is 1.92 bits per heavy atom. The molecular formula is C12H20O. The number of hydrogen-bond acceptors (Lipinski definition) is 1. The van der Waals surface area contributed by atoms with Crippen LogP contribution in [-0.2, 0) is 11.2 Å². The van der Waals surface area contributed by atoms with E-state index < -0.39 is 0 Å². The summed E-state index contributed by atoms with van der Waals surface area (Å²) in [6.07, 6.45) is 2.26. The maximum Gasteiger partial charge on any atom is 0.0459 e. The first-order valence-electron chi connectivity index (χ1n) is 4.88. The summed E-state index contributed by atoms with van der Waals surface area (Å²) >= 11 is 0. The molecular weight excluding hydrogens is 160 g/mol. The lowest BCUT2D eigenvalue weighted by molar-refractivity contribution is 0.199. The molecule has 74 valence electrons. The molecule has 0 bridgehead atoms. The highest BCUT2D eigenvalue weighted by Crippen LogP contribution is 1.96. The number of benzene rings is 1. The average molecular weight is 180 g/mol. The van der Waals surface area contributed by atoms with E-state index in [-0.39, 0.29) is 0 Å². The Hall–Kier alpha value is -0.820. The maximum atomic E-state index is 4.69. The van der Waals surface area contributed by atoms with Crippen molar-refractivity contribution in [1.82, 2.24) is 0 Å². The Morgan fingerprint density at radius 1 is 1.08 bits per heavy atom. The molecule has 0 unspecified atom stereocenters. The molecule has 0 saturated carbocycles. The zero-order valence-electron chi connectivity index (χ0n) is 8.92. The largest absolute Gasteiger partial charge is 0.385 e. The molecule has 0 fully saturated rings. The fourth-order valence-electron chi connectivity index (χ4n) is 0.918. The zero-order valence-corrected chi connectivity index (χ0v) is 8.92. The van der Waals surface area contributed by atoms with Crippen molar-refractivity contribution >= 4 is 0 Å². The molecule has 0 aliphatic rings. The fourth-order valence-corrected chi connectivity index (χ4v) is 0.918. The normalized spacial score (nSPS) is 8.85. The zero-order chi connectivity index (χ0) is 9.94. The lowest BCUT2D eigenvalue weighted by atomic mass is 10.2. The van der Waals surface area contributed by atoms with Gasteiger partial charge in [-0.05, 0) is 18.4 Å². The van der Waals surface area contributed by atoms with Gasteiger partial charge in [0.15, 0.2) is 0 Å². The van der Waals surface area contributed by atoms with Gasteiger partial charge < -0.3 is 4.74 Å². The van der Waals surface area contributed by atoms with Gasteiger partial charge in [0.05, 0.1) is 0 Å². The van der Waals surface area contributed by atoms with Crippen LogP contribution in [0.3, 0.4) is 0 Å². The molecule has 0 spiro atoms. The Kier molecular flexibility index (Phi) is 8.68. The van der Waals surface area contributed by atoms with Gasteiger partial charge in [-0.3, -0.25) is 0 Å². The molecule has 1 rings (SSSR count). The third-order valence-corrected chi connectivity index (χ3v) is 1.66. The van der Waals surface area contributed by atoms with Crippen LogP contribution in [-0.4, -0.2) is 13.7 Å². The number of aryl methyl sites for hydroxylation is 1. The van der Waals surface area contributed by atoms with Crippen molar-refractivity contribution in [3.8, 4) is 0 Å². The molecule has 0 aromatic heterocycles. The minimum Gasteiger partial charge on any atom is -0.385 e. The van der Waals surface area contributed by atoms with Crippen LogP contribution in [0.5, 0.6) is 0 Å². The van der Waals surface area contributed by atoms with E-state index in [1.54, 1.807) is 7.11 Å². The summed E-state index contributed by atoms with van der Waals surface area (Å²) in [5.41, 5.74) is 1.41. The molecule has 0 aliphatic heterocycles. The van der Waals surface area contributed by atoms with Gasteiger partial charge in [0.2, 0.25) is 0 Å². The van der Waals surface area contributed by atoms with Crippen LogP contribution < -0.4 is 0 Å². The van der Waals surface area contributed by atoms with E-state index in [1.165, 1.54) is 5.56 Å². The van der Waals surface area contributed by atoms with E-state index in [2.05, 4.69) is 38.1 Å². The fraction of sp³-hybridized carbons (Fsp3) is 0.500. The molecule has 1 nitrogen and oxygen atoms in total. The van der Waals surface area contributed by atoms with Crippen LogP contribution in [0.2, 0.25) is 0 Å². The minimum absolute atomic E-state index is 0.889. The number of rotatable bonds is 3. The van der Waals surface area contributed by atoms with Crippen LogP contribution >= 0.6 is 0 Å². The monoisotopic (exact) mass is 180 g/mol. The lowest BCUT2D eigenvalue weighted by Crippen LogP contribution is -1.80. The van der Waals surface area contributed by atoms with Crippen LogP contribution in [0.4, 0.5) is 0 Å². The van der Waals surface area contributed by atoms with Gasteiger partial charge in [0, 0.05) is 13.7 Å². The summed E-state index contributed by atoms with van der Waals surface area (Å²) in [7, 11) is 1.71. The molecule has 13 heavy (non-hydrogen) atoms. The van der Waals surface area contributed by atoms with Gasteiger partial charge in [0.1, 0.15) is 0 Å². The second-order valence-corrected chi connectivity index (χ2v) is 2.83. The van der Waals surface area contributed by atoms with Crippen molar-refractivity contribution in [3.63, 3.8) is 0 Å². The van der Waals surface area contributed by atoms with Gasteiger partial charge >= 0.3 is 0 Å². The summed E-state index contributed by atoms with van der Waals surface area (Å²) in [6.45, 7) is 5.14. The second-order valence-electron chi connectivity index (χ2n) is 2.83. The van der Waals surface area contributed by atoms with Gasteiger partial charge in [-0.25, -0.2) is 0 Å². The molecule has 0 amide bonds. The highest BCUT2D eigenvalue weighted by molar-refractivity contribution is 5.13. The molecule has 0 N–H and O–H groups in total. The first kappa shape index (κ1) is 12.2. The maximum absolute atomic E-state index is 4.69. The van der Waals surface area contributed by atoms with Crippen LogP contribution in [0, 0.1) is 0 Å². The number of methoxy groups -OCH3 is 1. The van der Waals surface area contributed by atoms with Crippen molar-refractivity contribution < 1.29 is 4.74 Å². The van der Waals surface area contributed by atoms with Gasteiger partial charge in [-0.15, -0.1) is 0 Å². The van der Waals surface area contributed by atoms with E-state index in [9.17, 15) is 0 Å². The third kappa shape index (κ3) is 7.54. The molecule has 0 saturated heterocycles. The van der Waals surface area contributed by atoms with Crippen LogP contribution in [0.1, 0.15) is 25.8 Å². The molecule has 1 aromatic rings. The van der Waals surface area contributed by atoms with Gasteiger partial charge in [0.25, 0.3) is 0 Å². The molecule has 1 aromatic carbocycles. The SMILES string of the molecule is CCCOC.CCc1ccccc1. The first-order valence-corrected chi connectivity index (χ1v) is 4.88. The molecule has 0 aliphatic carbocycles. The average Bonchev–Trinajstić information content (AvgIpc) is 2.21. The summed E-state index contributed by atoms with van der Waals surface area (Å²) in [6, 6.07) is 10.5. The second kappa shape index (κ2) is 9.27. The lowest BCUT2D eigenvalue weighted by Gasteiger charge is -1.89. The van der Waals surface area contributed by atoms with Gasteiger partial charge in [-0.2, -0.15) is 0 Å². The Morgan fingerprint density at radius 2 is 1.69 bits per heavy atom. The van der Waals surface area contributed by atoms with E-state index >= 15 is 0 Å². The predicted octanol–water partition coefficient (Wildman–Crippen LogP) is 3.29. The third-order valence-electron chi connectivity index (χ3n) is 1.66. The van der Waals surface area contributed by atoms with Crippen molar-refractivity contribution in [2.75, 3.05) is 13.7 Å². The Balaban J connectivity index is 0.000000252. The minimum atomic E-state index is 0.889. The Labute approximate surface area is 81.7 Å². The Bertz CT molecular complexity index is 180. The van der Waals surface area contributed by atoms with Crippen LogP contribution in [0.15, 0.2) is 30.3 Å². The van der Waals surface area contributed by atoms with Crippen molar-refractivity contribution in [3.05, 3.63) is 35.9 Å². The number of ether oxygens (including phenoxy) is 1. The van der Waals surface area contributed by atoms with Crippen molar-refractivity contribution in [2.24, 2.45) is 0 Å². The van der Waals surface area contributed by atoms with Crippen LogP contribution in [0.25, 0.3) is 0 Å². The van der Waals surface area contributed by atoms with Crippen molar-refractivity contribution in [1.29, 1.82) is 0 Å². The van der Waals surface area contributed by atoms with E-state index in [4.69, 9.17) is 4.74 Å². The molecule has 0 heterocycles. The summed E-state index contributed by atoms with van der Waals surface area (Å²) in [5.74, 6) is 0. The smallest absolute Gasteiger partial charge is 0.0459 e. The predicted molar refractivity (Wildman–Crippen MR) is 58.0 cm³/mol. The highest BCUT2D eigenvalue weighted by Gasteiger charge is 1.79. The quantitative estimate of drug-likeness (QED) is 0.693. The topological polar surface area (TPSA) is 9.23 Å². The van der Waals surface area contributed by atoms with E-state index in [1.807, 2.05) is 6.07 Å². The van der Waals surface area contributed by atoms with Crippen molar-refractivity contribution in [2.45, 2.75) is 26.7 Å². The summed E-state index contributed by atoms with van der Waals surface area (Å²) in [5, 5.41) is 0.